The van der Waals surface area contributed by atoms with Crippen LogP contribution in [0.4, 0.5) is 0 Å². The van der Waals surface area contributed by atoms with Crippen LogP contribution in [-0.4, -0.2) is 18.5 Å². The van der Waals surface area contributed by atoms with Gasteiger partial charge in [-0.3, -0.25) is 4.79 Å². The van der Waals surface area contributed by atoms with Crippen molar-refractivity contribution in [3.63, 3.8) is 0 Å². The van der Waals surface area contributed by atoms with Crippen molar-refractivity contribution >= 4 is 28.8 Å². The van der Waals surface area contributed by atoms with Gasteiger partial charge in [-0.1, -0.05) is 24.4 Å². The number of thiophene rings is 1. The molecule has 5 heteroatoms. The zero-order valence-electron chi connectivity index (χ0n) is 10.3. The van der Waals surface area contributed by atoms with Crippen molar-refractivity contribution < 1.29 is 4.79 Å². The third-order valence-corrected chi connectivity index (χ3v) is 4.75. The summed E-state index contributed by atoms with van der Waals surface area (Å²) >= 11 is 7.42. The van der Waals surface area contributed by atoms with Crippen LogP contribution in [0.2, 0.25) is 4.34 Å². The van der Waals surface area contributed by atoms with Crippen LogP contribution in [0.3, 0.4) is 0 Å². The number of nitrogens with two attached hydrogens (primary N) is 1. The molecule has 3 N–H and O–H groups in total. The minimum Gasteiger partial charge on any atom is -0.355 e. The van der Waals surface area contributed by atoms with Gasteiger partial charge in [0.15, 0.2) is 0 Å². The third-order valence-electron chi connectivity index (χ3n) is 3.46. The summed E-state index contributed by atoms with van der Waals surface area (Å²) in [5, 5.41) is 2.99. The maximum absolute atomic E-state index is 12.0. The number of carbonyl (C=O) groups excluding carboxylic acids is 1. The number of rotatable bonds is 4. The average molecular weight is 287 g/mol. The lowest BCUT2D eigenvalue weighted by molar-refractivity contribution is -0.126. The number of halogens is 1. The molecule has 1 aliphatic rings. The van der Waals surface area contributed by atoms with Gasteiger partial charge in [-0.05, 0) is 31.4 Å². The van der Waals surface area contributed by atoms with Crippen molar-refractivity contribution in [3.05, 3.63) is 21.3 Å². The van der Waals surface area contributed by atoms with Crippen LogP contribution in [-0.2, 0) is 11.2 Å². The van der Waals surface area contributed by atoms with E-state index in [1.165, 1.54) is 4.88 Å². The summed E-state index contributed by atoms with van der Waals surface area (Å²) in [7, 11) is 0. The molecule has 0 bridgehead atoms. The van der Waals surface area contributed by atoms with Gasteiger partial charge >= 0.3 is 0 Å². The van der Waals surface area contributed by atoms with Crippen molar-refractivity contribution in [1.29, 1.82) is 0 Å². The van der Waals surface area contributed by atoms with E-state index in [1.54, 1.807) is 11.3 Å². The molecule has 1 fully saturated rings. The smallest absolute Gasteiger partial charge is 0.224 e. The molecule has 1 amide bonds. The fourth-order valence-electron chi connectivity index (χ4n) is 2.41. The number of hydrogen-bond acceptors (Lipinski definition) is 3. The number of carbonyl (C=O) groups is 1. The molecule has 1 aromatic rings. The highest BCUT2D eigenvalue weighted by Gasteiger charge is 2.27. The molecule has 0 radical (unpaired) electrons. The van der Waals surface area contributed by atoms with Gasteiger partial charge in [-0.15, -0.1) is 11.3 Å². The normalized spacial score (nSPS) is 23.9. The molecule has 2 unspecified atom stereocenters. The summed E-state index contributed by atoms with van der Waals surface area (Å²) in [6.07, 6.45) is 5.01. The molecule has 1 saturated carbocycles. The molecule has 3 nitrogen and oxygen atoms in total. The standard InChI is InChI=1S/C13H19ClN2OS/c14-12-6-5-9(18-12)7-8-16-13(17)10-3-1-2-4-11(10)15/h5-6,10-11H,1-4,7-8,15H2,(H,16,17). The Kier molecular flexibility index (Phi) is 5.03. The second-order valence-electron chi connectivity index (χ2n) is 4.80. The minimum absolute atomic E-state index is 0.00525. The Morgan fingerprint density at radius 1 is 1.44 bits per heavy atom. The molecule has 0 aromatic carbocycles. The Morgan fingerprint density at radius 2 is 2.22 bits per heavy atom. The molecule has 2 atom stereocenters. The van der Waals surface area contributed by atoms with E-state index in [1.807, 2.05) is 12.1 Å². The van der Waals surface area contributed by atoms with E-state index >= 15 is 0 Å². The highest BCUT2D eigenvalue weighted by molar-refractivity contribution is 7.16. The molecule has 0 spiro atoms. The maximum Gasteiger partial charge on any atom is 0.224 e. The quantitative estimate of drug-likeness (QED) is 0.894. The van der Waals surface area contributed by atoms with Crippen molar-refractivity contribution in [2.45, 2.75) is 38.1 Å². The van der Waals surface area contributed by atoms with E-state index < -0.39 is 0 Å². The van der Waals surface area contributed by atoms with Crippen LogP contribution in [0.15, 0.2) is 12.1 Å². The van der Waals surface area contributed by atoms with Gasteiger partial charge in [0.2, 0.25) is 5.91 Å². The molecule has 1 aromatic heterocycles. The SMILES string of the molecule is NC1CCCCC1C(=O)NCCc1ccc(Cl)s1. The third kappa shape index (κ3) is 3.70. The monoisotopic (exact) mass is 286 g/mol. The van der Waals surface area contributed by atoms with E-state index in [2.05, 4.69) is 5.32 Å². The minimum atomic E-state index is 0.00525. The Hall–Kier alpha value is -0.580. The van der Waals surface area contributed by atoms with Gasteiger partial charge < -0.3 is 11.1 Å². The van der Waals surface area contributed by atoms with Crippen LogP contribution in [0.25, 0.3) is 0 Å². The average Bonchev–Trinajstić information content (AvgIpc) is 2.75. The van der Waals surface area contributed by atoms with Crippen molar-refractivity contribution in [2.24, 2.45) is 11.7 Å². The van der Waals surface area contributed by atoms with Crippen LogP contribution in [0, 0.1) is 5.92 Å². The fourth-order valence-corrected chi connectivity index (χ4v) is 3.50. The predicted molar refractivity (Wildman–Crippen MR) is 76.0 cm³/mol. The lowest BCUT2D eigenvalue weighted by Crippen LogP contribution is -2.44. The van der Waals surface area contributed by atoms with Gasteiger partial charge in [0, 0.05) is 17.5 Å². The lowest BCUT2D eigenvalue weighted by atomic mass is 9.84. The van der Waals surface area contributed by atoms with Crippen LogP contribution in [0.1, 0.15) is 30.6 Å². The largest absolute Gasteiger partial charge is 0.355 e. The number of hydrogen-bond donors (Lipinski definition) is 2. The first kappa shape index (κ1) is 13.8. The Bertz CT molecular complexity index is 407. The summed E-state index contributed by atoms with van der Waals surface area (Å²) in [4.78, 5) is 13.2. The summed E-state index contributed by atoms with van der Waals surface area (Å²) in [6, 6.07) is 3.93. The molecule has 18 heavy (non-hydrogen) atoms. The molecular formula is C13H19ClN2OS. The van der Waals surface area contributed by atoms with Gasteiger partial charge in [-0.2, -0.15) is 0 Å². The molecule has 0 saturated heterocycles. The first-order chi connectivity index (χ1) is 8.66. The fraction of sp³-hybridized carbons (Fsp3) is 0.615. The molecular weight excluding hydrogens is 268 g/mol. The Balaban J connectivity index is 1.74. The van der Waals surface area contributed by atoms with Gasteiger partial charge in [0.05, 0.1) is 10.3 Å². The zero-order valence-corrected chi connectivity index (χ0v) is 11.9. The topological polar surface area (TPSA) is 55.1 Å². The van der Waals surface area contributed by atoms with Gasteiger partial charge in [0.25, 0.3) is 0 Å². The van der Waals surface area contributed by atoms with Gasteiger partial charge in [-0.25, -0.2) is 0 Å². The first-order valence-electron chi connectivity index (χ1n) is 6.44. The summed E-state index contributed by atoms with van der Waals surface area (Å²) in [5.74, 6) is 0.121. The summed E-state index contributed by atoms with van der Waals surface area (Å²) in [6.45, 7) is 0.666. The maximum atomic E-state index is 12.0. The summed E-state index contributed by atoms with van der Waals surface area (Å²) in [5.41, 5.74) is 5.99. The van der Waals surface area contributed by atoms with Crippen LogP contribution < -0.4 is 11.1 Å². The van der Waals surface area contributed by atoms with Crippen molar-refractivity contribution in [1.82, 2.24) is 5.32 Å². The van der Waals surface area contributed by atoms with E-state index in [-0.39, 0.29) is 17.9 Å². The molecule has 1 heterocycles. The first-order valence-corrected chi connectivity index (χ1v) is 7.64. The number of amides is 1. The van der Waals surface area contributed by atoms with Crippen LogP contribution >= 0.6 is 22.9 Å². The van der Waals surface area contributed by atoms with E-state index in [0.717, 1.165) is 36.4 Å². The predicted octanol–water partition coefficient (Wildman–Crippen LogP) is 2.58. The molecule has 0 aliphatic heterocycles. The van der Waals surface area contributed by atoms with E-state index in [0.29, 0.717) is 6.54 Å². The summed E-state index contributed by atoms with van der Waals surface area (Å²) < 4.78 is 0.797. The highest BCUT2D eigenvalue weighted by atomic mass is 35.5. The van der Waals surface area contributed by atoms with E-state index in [9.17, 15) is 4.79 Å². The second kappa shape index (κ2) is 6.55. The zero-order chi connectivity index (χ0) is 13.0. The number of nitrogens with one attached hydrogen (secondary N) is 1. The van der Waals surface area contributed by atoms with Crippen LogP contribution in [0.5, 0.6) is 0 Å². The van der Waals surface area contributed by atoms with Crippen molar-refractivity contribution in [3.8, 4) is 0 Å². The van der Waals surface area contributed by atoms with Crippen molar-refractivity contribution in [2.75, 3.05) is 6.54 Å². The molecule has 2 rings (SSSR count). The highest BCUT2D eigenvalue weighted by Crippen LogP contribution is 2.23. The van der Waals surface area contributed by atoms with Gasteiger partial charge in [0.1, 0.15) is 0 Å². The Morgan fingerprint density at radius 3 is 2.89 bits per heavy atom. The lowest BCUT2D eigenvalue weighted by Gasteiger charge is -2.27. The molecule has 1 aliphatic carbocycles. The Labute approximate surface area is 117 Å². The molecule has 100 valence electrons. The second-order valence-corrected chi connectivity index (χ2v) is 6.60. The van der Waals surface area contributed by atoms with E-state index in [4.69, 9.17) is 17.3 Å².